The standard InChI is InChI=1S/C23H28N6O2/c1-18(2)19-8-10-21(11-9-19)31-17-23(30)28-14-12-27(13-15-28)16-22-24-25-26-29(22)20-6-4-3-5-7-20/h3-11,18H,12-17H2,1-2H3. The van der Waals surface area contributed by atoms with Crippen LogP contribution in [-0.2, 0) is 11.3 Å². The fraction of sp³-hybridized carbons (Fsp3) is 0.391. The first kappa shape index (κ1) is 21.0. The van der Waals surface area contributed by atoms with Crippen LogP contribution >= 0.6 is 0 Å². The van der Waals surface area contributed by atoms with Crippen molar-refractivity contribution < 1.29 is 9.53 Å². The largest absolute Gasteiger partial charge is 0.484 e. The van der Waals surface area contributed by atoms with Crippen molar-refractivity contribution >= 4 is 5.91 Å². The fourth-order valence-electron chi connectivity index (χ4n) is 3.61. The molecule has 8 heteroatoms. The summed E-state index contributed by atoms with van der Waals surface area (Å²) in [5.41, 5.74) is 2.20. The molecule has 1 fully saturated rings. The number of rotatable bonds is 7. The number of amides is 1. The second-order valence-electron chi connectivity index (χ2n) is 8.01. The third kappa shape index (κ3) is 5.27. The van der Waals surface area contributed by atoms with Crippen molar-refractivity contribution in [1.29, 1.82) is 0 Å². The molecule has 2 heterocycles. The zero-order valence-electron chi connectivity index (χ0n) is 18.0. The molecule has 1 saturated heterocycles. The number of carbonyl (C=O) groups excluding carboxylic acids is 1. The van der Waals surface area contributed by atoms with Gasteiger partial charge in [0.1, 0.15) is 5.75 Å². The Morgan fingerprint density at radius 1 is 1.00 bits per heavy atom. The van der Waals surface area contributed by atoms with Crippen LogP contribution in [0.25, 0.3) is 5.69 Å². The second kappa shape index (κ2) is 9.70. The summed E-state index contributed by atoms with van der Waals surface area (Å²) >= 11 is 0. The molecule has 1 aromatic heterocycles. The first-order chi connectivity index (χ1) is 15.1. The maximum Gasteiger partial charge on any atom is 0.260 e. The molecular formula is C23H28N6O2. The summed E-state index contributed by atoms with van der Waals surface area (Å²) in [4.78, 5) is 16.7. The van der Waals surface area contributed by atoms with Crippen LogP contribution in [0.1, 0.15) is 31.2 Å². The Morgan fingerprint density at radius 2 is 1.71 bits per heavy atom. The highest BCUT2D eigenvalue weighted by Gasteiger charge is 2.23. The smallest absolute Gasteiger partial charge is 0.260 e. The summed E-state index contributed by atoms with van der Waals surface area (Å²) in [6.07, 6.45) is 0. The predicted octanol–water partition coefficient (Wildman–Crippen LogP) is 2.51. The molecule has 31 heavy (non-hydrogen) atoms. The van der Waals surface area contributed by atoms with Gasteiger partial charge in [-0.15, -0.1) is 5.10 Å². The molecule has 0 radical (unpaired) electrons. The number of para-hydroxylation sites is 1. The molecule has 4 rings (SSSR count). The van der Waals surface area contributed by atoms with Gasteiger partial charge in [0.25, 0.3) is 5.91 Å². The molecule has 8 nitrogen and oxygen atoms in total. The van der Waals surface area contributed by atoms with Crippen molar-refractivity contribution in [3.63, 3.8) is 0 Å². The Bertz CT molecular complexity index is 979. The van der Waals surface area contributed by atoms with Gasteiger partial charge in [-0.05, 0) is 46.2 Å². The lowest BCUT2D eigenvalue weighted by molar-refractivity contribution is -0.135. The lowest BCUT2D eigenvalue weighted by Gasteiger charge is -2.34. The molecule has 1 aliphatic rings. The van der Waals surface area contributed by atoms with Crippen LogP contribution in [0.2, 0.25) is 0 Å². The number of aromatic nitrogens is 4. The number of piperazine rings is 1. The molecule has 0 bridgehead atoms. The minimum atomic E-state index is 0.0155. The van der Waals surface area contributed by atoms with Crippen LogP contribution in [0.5, 0.6) is 5.75 Å². The third-order valence-corrected chi connectivity index (χ3v) is 5.53. The van der Waals surface area contributed by atoms with Crippen LogP contribution in [0.15, 0.2) is 54.6 Å². The Morgan fingerprint density at radius 3 is 2.39 bits per heavy atom. The van der Waals surface area contributed by atoms with Crippen molar-refractivity contribution in [1.82, 2.24) is 30.0 Å². The summed E-state index contributed by atoms with van der Waals surface area (Å²) < 4.78 is 7.46. The van der Waals surface area contributed by atoms with E-state index in [-0.39, 0.29) is 12.5 Å². The van der Waals surface area contributed by atoms with E-state index >= 15 is 0 Å². The summed E-state index contributed by atoms with van der Waals surface area (Å²) in [7, 11) is 0. The van der Waals surface area contributed by atoms with Crippen LogP contribution < -0.4 is 4.74 Å². The van der Waals surface area contributed by atoms with E-state index in [2.05, 4.69) is 34.3 Å². The number of hydrogen-bond acceptors (Lipinski definition) is 6. The van der Waals surface area contributed by atoms with E-state index in [0.29, 0.717) is 25.6 Å². The molecule has 1 aliphatic heterocycles. The van der Waals surface area contributed by atoms with Gasteiger partial charge < -0.3 is 9.64 Å². The second-order valence-corrected chi connectivity index (χ2v) is 8.01. The highest BCUT2D eigenvalue weighted by molar-refractivity contribution is 5.77. The minimum absolute atomic E-state index is 0.0155. The van der Waals surface area contributed by atoms with Gasteiger partial charge in [-0.2, -0.15) is 4.68 Å². The molecular weight excluding hydrogens is 392 g/mol. The molecule has 1 amide bonds. The summed E-state index contributed by atoms with van der Waals surface area (Å²) in [5, 5.41) is 12.1. The summed E-state index contributed by atoms with van der Waals surface area (Å²) in [5.74, 6) is 2.01. The van der Waals surface area contributed by atoms with E-state index in [9.17, 15) is 4.79 Å². The van der Waals surface area contributed by atoms with Crippen molar-refractivity contribution in [2.45, 2.75) is 26.3 Å². The SMILES string of the molecule is CC(C)c1ccc(OCC(=O)N2CCN(Cc3nnnn3-c3ccccc3)CC2)cc1. The molecule has 0 spiro atoms. The van der Waals surface area contributed by atoms with Crippen LogP contribution in [0.3, 0.4) is 0 Å². The average molecular weight is 421 g/mol. The molecule has 3 aromatic rings. The zero-order valence-corrected chi connectivity index (χ0v) is 18.0. The van der Waals surface area contributed by atoms with E-state index in [1.165, 1.54) is 5.56 Å². The number of nitrogens with zero attached hydrogens (tertiary/aromatic N) is 6. The number of ether oxygens (including phenoxy) is 1. The molecule has 0 unspecified atom stereocenters. The van der Waals surface area contributed by atoms with Gasteiger partial charge in [-0.25, -0.2) is 0 Å². The number of tetrazole rings is 1. The summed E-state index contributed by atoms with van der Waals surface area (Å²) in [6.45, 7) is 7.90. The lowest BCUT2D eigenvalue weighted by atomic mass is 10.0. The van der Waals surface area contributed by atoms with E-state index in [4.69, 9.17) is 4.74 Å². The molecule has 0 N–H and O–H groups in total. The molecule has 162 valence electrons. The Labute approximate surface area is 182 Å². The Kier molecular flexibility index (Phi) is 6.57. The summed E-state index contributed by atoms with van der Waals surface area (Å²) in [6, 6.07) is 17.8. The van der Waals surface area contributed by atoms with Gasteiger partial charge in [0.2, 0.25) is 0 Å². The average Bonchev–Trinajstić information content (AvgIpc) is 3.27. The highest BCUT2D eigenvalue weighted by atomic mass is 16.5. The molecule has 0 atom stereocenters. The fourth-order valence-corrected chi connectivity index (χ4v) is 3.61. The maximum absolute atomic E-state index is 12.6. The van der Waals surface area contributed by atoms with Gasteiger partial charge in [-0.1, -0.05) is 44.2 Å². The van der Waals surface area contributed by atoms with E-state index < -0.39 is 0 Å². The van der Waals surface area contributed by atoms with E-state index in [0.717, 1.165) is 30.4 Å². The Hall–Kier alpha value is -3.26. The topological polar surface area (TPSA) is 76.4 Å². The third-order valence-electron chi connectivity index (χ3n) is 5.53. The van der Waals surface area contributed by atoms with Gasteiger partial charge in [0, 0.05) is 26.2 Å². The first-order valence-electron chi connectivity index (χ1n) is 10.7. The maximum atomic E-state index is 12.6. The monoisotopic (exact) mass is 420 g/mol. The number of benzene rings is 2. The minimum Gasteiger partial charge on any atom is -0.484 e. The van der Waals surface area contributed by atoms with Crippen LogP contribution in [0.4, 0.5) is 0 Å². The van der Waals surface area contributed by atoms with Crippen LogP contribution in [-0.4, -0.2) is 68.7 Å². The molecule has 2 aromatic carbocycles. The molecule has 0 saturated carbocycles. The number of carbonyl (C=O) groups is 1. The lowest BCUT2D eigenvalue weighted by Crippen LogP contribution is -2.49. The molecule has 0 aliphatic carbocycles. The van der Waals surface area contributed by atoms with Crippen molar-refractivity contribution in [3.05, 3.63) is 66.0 Å². The Balaban J connectivity index is 1.25. The quantitative estimate of drug-likeness (QED) is 0.585. The van der Waals surface area contributed by atoms with E-state index in [1.807, 2.05) is 59.5 Å². The van der Waals surface area contributed by atoms with Gasteiger partial charge in [0.05, 0.1) is 12.2 Å². The van der Waals surface area contributed by atoms with Gasteiger partial charge >= 0.3 is 0 Å². The van der Waals surface area contributed by atoms with Gasteiger partial charge in [0.15, 0.2) is 12.4 Å². The van der Waals surface area contributed by atoms with E-state index in [1.54, 1.807) is 4.68 Å². The predicted molar refractivity (Wildman–Crippen MR) is 117 cm³/mol. The van der Waals surface area contributed by atoms with Gasteiger partial charge in [-0.3, -0.25) is 9.69 Å². The van der Waals surface area contributed by atoms with Crippen molar-refractivity contribution in [2.75, 3.05) is 32.8 Å². The normalized spacial score (nSPS) is 14.7. The highest BCUT2D eigenvalue weighted by Crippen LogP contribution is 2.19. The first-order valence-corrected chi connectivity index (χ1v) is 10.7. The van der Waals surface area contributed by atoms with Crippen LogP contribution in [0, 0.1) is 0 Å². The van der Waals surface area contributed by atoms with Crippen molar-refractivity contribution in [2.24, 2.45) is 0 Å². The van der Waals surface area contributed by atoms with Crippen molar-refractivity contribution in [3.8, 4) is 11.4 Å². The zero-order chi connectivity index (χ0) is 21.6. The number of hydrogen-bond donors (Lipinski definition) is 0.